The van der Waals surface area contributed by atoms with E-state index >= 15 is 0 Å². The summed E-state index contributed by atoms with van der Waals surface area (Å²) in [6.45, 7) is 0.103. The topological polar surface area (TPSA) is 54.5 Å². The second-order valence-corrected chi connectivity index (χ2v) is 6.15. The van der Waals surface area contributed by atoms with Crippen molar-refractivity contribution in [2.45, 2.75) is 11.4 Å². The van der Waals surface area contributed by atoms with Gasteiger partial charge in [-0.2, -0.15) is 0 Å². The Labute approximate surface area is 111 Å². The molecular formula is C14H11NO3S. The summed E-state index contributed by atoms with van der Waals surface area (Å²) in [5.41, 5.74) is 1.20. The Bertz CT molecular complexity index is 738. The van der Waals surface area contributed by atoms with Crippen molar-refractivity contribution in [3.8, 4) is 0 Å². The summed E-state index contributed by atoms with van der Waals surface area (Å²) >= 11 is 0. The molecule has 0 bridgehead atoms. The van der Waals surface area contributed by atoms with Gasteiger partial charge in [0.05, 0.1) is 11.4 Å². The Kier molecular flexibility index (Phi) is 2.64. The molecule has 0 aromatic heterocycles. The molecule has 0 saturated heterocycles. The summed E-state index contributed by atoms with van der Waals surface area (Å²) in [4.78, 5) is 12.3. The third kappa shape index (κ3) is 1.82. The normalized spacial score (nSPS) is 14.5. The number of sulfonamides is 1. The molecule has 1 heterocycles. The van der Waals surface area contributed by atoms with Crippen LogP contribution in [0.2, 0.25) is 0 Å². The first-order valence-electron chi connectivity index (χ1n) is 5.81. The van der Waals surface area contributed by atoms with Crippen LogP contribution in [0, 0.1) is 0 Å². The van der Waals surface area contributed by atoms with Crippen molar-refractivity contribution in [3.63, 3.8) is 0 Å². The Morgan fingerprint density at radius 1 is 0.895 bits per heavy atom. The molecule has 0 radical (unpaired) electrons. The highest BCUT2D eigenvalue weighted by molar-refractivity contribution is 7.89. The molecule has 0 N–H and O–H groups in total. The molecule has 1 aliphatic heterocycles. The average Bonchev–Trinajstić information content (AvgIpc) is 2.78. The van der Waals surface area contributed by atoms with Crippen LogP contribution >= 0.6 is 0 Å². The summed E-state index contributed by atoms with van der Waals surface area (Å²) in [5.74, 6) is -0.459. The lowest BCUT2D eigenvalue weighted by atomic mass is 10.1. The van der Waals surface area contributed by atoms with Crippen LogP contribution in [-0.2, 0) is 16.6 Å². The van der Waals surface area contributed by atoms with Crippen molar-refractivity contribution in [1.29, 1.82) is 0 Å². The monoisotopic (exact) mass is 273 g/mol. The van der Waals surface area contributed by atoms with Crippen molar-refractivity contribution in [2.24, 2.45) is 0 Å². The van der Waals surface area contributed by atoms with Gasteiger partial charge in [-0.1, -0.05) is 36.4 Å². The molecule has 0 spiro atoms. The number of fused-ring (bicyclic) bond motifs is 1. The van der Waals surface area contributed by atoms with Gasteiger partial charge >= 0.3 is 0 Å². The van der Waals surface area contributed by atoms with Gasteiger partial charge in [-0.25, -0.2) is 12.7 Å². The quantitative estimate of drug-likeness (QED) is 0.841. The molecule has 19 heavy (non-hydrogen) atoms. The van der Waals surface area contributed by atoms with Gasteiger partial charge in [0.2, 0.25) is 0 Å². The van der Waals surface area contributed by atoms with E-state index in [1.54, 1.807) is 42.5 Å². The third-order valence-electron chi connectivity index (χ3n) is 3.12. The van der Waals surface area contributed by atoms with Gasteiger partial charge < -0.3 is 0 Å². The lowest BCUT2D eigenvalue weighted by molar-refractivity contribution is 0.0879. The van der Waals surface area contributed by atoms with Crippen LogP contribution < -0.4 is 0 Å². The van der Waals surface area contributed by atoms with E-state index in [0.717, 1.165) is 9.87 Å². The Morgan fingerprint density at radius 3 is 2.21 bits per heavy atom. The van der Waals surface area contributed by atoms with Crippen LogP contribution in [0.15, 0.2) is 59.5 Å². The Balaban J connectivity index is 2.05. The van der Waals surface area contributed by atoms with Crippen molar-refractivity contribution < 1.29 is 13.2 Å². The van der Waals surface area contributed by atoms with Crippen molar-refractivity contribution in [2.75, 3.05) is 0 Å². The highest BCUT2D eigenvalue weighted by atomic mass is 32.2. The van der Waals surface area contributed by atoms with Crippen molar-refractivity contribution in [1.82, 2.24) is 4.31 Å². The molecule has 0 atom stereocenters. The zero-order chi connectivity index (χ0) is 13.5. The Hall–Kier alpha value is -2.14. The van der Waals surface area contributed by atoms with Gasteiger partial charge in [-0.3, -0.25) is 4.79 Å². The summed E-state index contributed by atoms with van der Waals surface area (Å²) in [7, 11) is -3.77. The highest BCUT2D eigenvalue weighted by Crippen LogP contribution is 2.28. The maximum absolute atomic E-state index is 12.4. The number of benzene rings is 2. The molecule has 0 unspecified atom stereocenters. The van der Waals surface area contributed by atoms with Gasteiger partial charge in [-0.05, 0) is 23.8 Å². The van der Waals surface area contributed by atoms with E-state index in [9.17, 15) is 13.2 Å². The summed E-state index contributed by atoms with van der Waals surface area (Å²) in [6.07, 6.45) is 0. The second-order valence-electron chi connectivity index (χ2n) is 4.29. The SMILES string of the molecule is O=C1c2ccccc2CN1S(=O)(=O)c1ccccc1. The number of hydrogen-bond donors (Lipinski definition) is 0. The van der Waals surface area contributed by atoms with E-state index in [-0.39, 0.29) is 11.4 Å². The molecule has 1 aliphatic rings. The fourth-order valence-electron chi connectivity index (χ4n) is 2.14. The van der Waals surface area contributed by atoms with Gasteiger partial charge in [0.1, 0.15) is 0 Å². The number of amides is 1. The van der Waals surface area contributed by atoms with E-state index in [1.165, 1.54) is 12.1 Å². The molecule has 1 amide bonds. The molecular weight excluding hydrogens is 262 g/mol. The standard InChI is InChI=1S/C14H11NO3S/c16-14-13-9-5-4-6-11(13)10-15(14)19(17,18)12-7-2-1-3-8-12/h1-9H,10H2. The minimum absolute atomic E-state index is 0.103. The molecule has 2 aromatic carbocycles. The maximum atomic E-state index is 12.4. The first-order chi connectivity index (χ1) is 9.10. The number of nitrogens with zero attached hydrogens (tertiary/aromatic N) is 1. The predicted molar refractivity (Wildman–Crippen MR) is 69.9 cm³/mol. The number of hydrogen-bond acceptors (Lipinski definition) is 3. The zero-order valence-electron chi connectivity index (χ0n) is 9.98. The molecule has 0 aliphatic carbocycles. The van der Waals surface area contributed by atoms with Gasteiger partial charge in [0.25, 0.3) is 15.9 Å². The lowest BCUT2D eigenvalue weighted by Crippen LogP contribution is -2.31. The van der Waals surface area contributed by atoms with E-state index in [1.807, 2.05) is 0 Å². The van der Waals surface area contributed by atoms with Crippen LogP contribution in [0.4, 0.5) is 0 Å². The van der Waals surface area contributed by atoms with Crippen molar-refractivity contribution in [3.05, 3.63) is 65.7 Å². The minimum atomic E-state index is -3.77. The Morgan fingerprint density at radius 2 is 1.53 bits per heavy atom. The smallest absolute Gasteiger partial charge is 0.268 e. The van der Waals surface area contributed by atoms with Crippen LogP contribution in [0.3, 0.4) is 0 Å². The first-order valence-corrected chi connectivity index (χ1v) is 7.25. The van der Waals surface area contributed by atoms with Crippen molar-refractivity contribution >= 4 is 15.9 Å². The number of carbonyl (C=O) groups is 1. The molecule has 96 valence electrons. The van der Waals surface area contributed by atoms with E-state index in [0.29, 0.717) is 5.56 Å². The van der Waals surface area contributed by atoms with E-state index in [4.69, 9.17) is 0 Å². The third-order valence-corrected chi connectivity index (χ3v) is 4.86. The van der Waals surface area contributed by atoms with Gasteiger partial charge in [0, 0.05) is 5.56 Å². The molecule has 0 saturated carbocycles. The number of rotatable bonds is 2. The maximum Gasteiger partial charge on any atom is 0.268 e. The minimum Gasteiger partial charge on any atom is -0.268 e. The van der Waals surface area contributed by atoms with E-state index < -0.39 is 15.9 Å². The number of carbonyl (C=O) groups excluding carboxylic acids is 1. The molecule has 4 nitrogen and oxygen atoms in total. The van der Waals surface area contributed by atoms with Gasteiger partial charge in [-0.15, -0.1) is 0 Å². The average molecular weight is 273 g/mol. The van der Waals surface area contributed by atoms with Crippen LogP contribution in [0.5, 0.6) is 0 Å². The first kappa shape index (κ1) is 11.9. The predicted octanol–water partition coefficient (Wildman–Crippen LogP) is 2.03. The molecule has 2 aromatic rings. The molecule has 3 rings (SSSR count). The van der Waals surface area contributed by atoms with E-state index in [2.05, 4.69) is 0 Å². The highest BCUT2D eigenvalue weighted by Gasteiger charge is 2.36. The van der Waals surface area contributed by atoms with Crippen LogP contribution in [-0.4, -0.2) is 18.6 Å². The zero-order valence-corrected chi connectivity index (χ0v) is 10.8. The summed E-state index contributed by atoms with van der Waals surface area (Å²) in [5, 5.41) is 0. The van der Waals surface area contributed by atoms with Crippen LogP contribution in [0.1, 0.15) is 15.9 Å². The molecule has 5 heteroatoms. The summed E-state index contributed by atoms with van der Waals surface area (Å²) in [6, 6.07) is 14.9. The fourth-order valence-corrected chi connectivity index (χ4v) is 3.52. The second kappa shape index (κ2) is 4.20. The summed E-state index contributed by atoms with van der Waals surface area (Å²) < 4.78 is 25.8. The lowest BCUT2D eigenvalue weighted by Gasteiger charge is -2.15. The molecule has 0 fully saturated rings. The van der Waals surface area contributed by atoms with Crippen LogP contribution in [0.25, 0.3) is 0 Å². The largest absolute Gasteiger partial charge is 0.268 e. The fraction of sp³-hybridized carbons (Fsp3) is 0.0714. The van der Waals surface area contributed by atoms with Gasteiger partial charge in [0.15, 0.2) is 0 Å².